The van der Waals surface area contributed by atoms with Gasteiger partial charge in [-0.25, -0.2) is 14.6 Å². The molecule has 1 spiro atoms. The quantitative estimate of drug-likeness (QED) is 0.408. The van der Waals surface area contributed by atoms with Crippen molar-refractivity contribution in [1.29, 1.82) is 0 Å². The van der Waals surface area contributed by atoms with Crippen molar-refractivity contribution < 1.29 is 4.79 Å². The lowest BCUT2D eigenvalue weighted by Gasteiger charge is -2.46. The summed E-state index contributed by atoms with van der Waals surface area (Å²) in [7, 11) is 0. The molecule has 1 saturated carbocycles. The van der Waals surface area contributed by atoms with Crippen molar-refractivity contribution in [3.8, 4) is 0 Å². The van der Waals surface area contributed by atoms with Crippen LogP contribution in [0, 0.1) is 5.92 Å². The number of aliphatic imine (C=N–C) groups is 1. The third-order valence-corrected chi connectivity index (χ3v) is 8.68. The molecule has 1 saturated heterocycles. The summed E-state index contributed by atoms with van der Waals surface area (Å²) in [5, 5.41) is 5.54. The number of fused-ring (bicyclic) bond motifs is 3. The highest BCUT2D eigenvalue weighted by atomic mass is 16.2. The first-order valence-electron chi connectivity index (χ1n) is 13.9. The van der Waals surface area contributed by atoms with Gasteiger partial charge in [0.05, 0.1) is 29.6 Å². The molecular formula is C30H32N8O. The predicted molar refractivity (Wildman–Crippen MR) is 150 cm³/mol. The minimum atomic E-state index is -0.413. The molecular weight excluding hydrogens is 488 g/mol. The molecule has 1 aromatic carbocycles. The van der Waals surface area contributed by atoms with Gasteiger partial charge >= 0.3 is 0 Å². The maximum absolute atomic E-state index is 14.1. The van der Waals surface area contributed by atoms with Gasteiger partial charge in [0.15, 0.2) is 5.65 Å². The van der Waals surface area contributed by atoms with Crippen molar-refractivity contribution >= 4 is 29.0 Å². The van der Waals surface area contributed by atoms with Crippen LogP contribution in [0.4, 0.5) is 5.82 Å². The summed E-state index contributed by atoms with van der Waals surface area (Å²) in [5.74, 6) is 1.03. The number of aromatic nitrogens is 5. The van der Waals surface area contributed by atoms with Crippen molar-refractivity contribution in [2.24, 2.45) is 10.9 Å². The molecule has 198 valence electrons. The fourth-order valence-corrected chi connectivity index (χ4v) is 6.73. The van der Waals surface area contributed by atoms with E-state index in [1.807, 2.05) is 29.2 Å². The van der Waals surface area contributed by atoms with E-state index in [0.29, 0.717) is 19.6 Å². The first kappa shape index (κ1) is 23.9. The van der Waals surface area contributed by atoms with E-state index in [9.17, 15) is 4.79 Å². The third kappa shape index (κ3) is 4.16. The van der Waals surface area contributed by atoms with Gasteiger partial charge in [0.25, 0.3) is 0 Å². The fraction of sp³-hybridized carbons (Fsp3) is 0.400. The molecule has 0 radical (unpaired) electrons. The average molecular weight is 521 g/mol. The number of amides is 1. The molecule has 2 fully saturated rings. The maximum Gasteiger partial charge on any atom is 0.228 e. The van der Waals surface area contributed by atoms with Crippen molar-refractivity contribution in [2.75, 3.05) is 31.1 Å². The van der Waals surface area contributed by atoms with Crippen LogP contribution >= 0.6 is 0 Å². The number of benzene rings is 1. The number of hydrogen-bond acceptors (Lipinski definition) is 7. The van der Waals surface area contributed by atoms with E-state index in [-0.39, 0.29) is 11.8 Å². The predicted octanol–water partition coefficient (Wildman–Crippen LogP) is 3.63. The summed E-state index contributed by atoms with van der Waals surface area (Å²) in [6, 6.07) is 12.6. The Kier molecular flexibility index (Phi) is 6.06. The molecule has 4 aromatic rings. The minimum absolute atomic E-state index is 0.104. The van der Waals surface area contributed by atoms with Crippen LogP contribution in [0.15, 0.2) is 66.3 Å². The van der Waals surface area contributed by atoms with E-state index in [1.165, 1.54) is 11.1 Å². The summed E-state index contributed by atoms with van der Waals surface area (Å²) in [6.45, 7) is 3.43. The molecule has 3 aromatic heterocycles. The highest BCUT2D eigenvalue weighted by Crippen LogP contribution is 2.48. The Bertz CT molecular complexity index is 1520. The van der Waals surface area contributed by atoms with Crippen molar-refractivity contribution in [2.45, 2.75) is 44.2 Å². The van der Waals surface area contributed by atoms with Crippen LogP contribution in [0.2, 0.25) is 0 Å². The normalized spacial score (nSPS) is 22.8. The molecule has 5 heterocycles. The second-order valence-corrected chi connectivity index (χ2v) is 10.8. The Morgan fingerprint density at radius 2 is 1.85 bits per heavy atom. The number of carbonyl (C=O) groups excluding carboxylic acids is 1. The van der Waals surface area contributed by atoms with Crippen LogP contribution in [0.25, 0.3) is 11.0 Å². The van der Waals surface area contributed by atoms with Crippen LogP contribution in [-0.2, 0) is 23.3 Å². The van der Waals surface area contributed by atoms with Gasteiger partial charge in [0.1, 0.15) is 12.1 Å². The van der Waals surface area contributed by atoms with Gasteiger partial charge in [-0.05, 0) is 41.7 Å². The van der Waals surface area contributed by atoms with E-state index in [2.05, 4.69) is 54.1 Å². The first-order chi connectivity index (χ1) is 19.2. The van der Waals surface area contributed by atoms with Crippen LogP contribution in [0.1, 0.15) is 42.4 Å². The molecule has 2 atom stereocenters. The standard InChI is InChI=1S/C30H32N8O/c39-29(26-7-3-4-11-30(26)25-6-2-1-5-23(25)10-14-34-30)37-17-15-36(16-18-37)27-24-19-35-38(28(24)33-21-32-27)20-22-8-12-31-13-9-22/h1-2,5-6,8-9,12-14,19,21,26H,3-4,7,10-11,15-18,20H2. The van der Waals surface area contributed by atoms with Gasteiger partial charge in [0, 0.05) is 51.2 Å². The number of anilines is 1. The number of rotatable bonds is 4. The molecule has 1 amide bonds. The second kappa shape index (κ2) is 9.87. The van der Waals surface area contributed by atoms with E-state index in [1.54, 1.807) is 18.7 Å². The largest absolute Gasteiger partial charge is 0.352 e. The van der Waals surface area contributed by atoms with E-state index in [0.717, 1.165) is 67.6 Å². The smallest absolute Gasteiger partial charge is 0.228 e. The van der Waals surface area contributed by atoms with Gasteiger partial charge in [-0.3, -0.25) is 14.8 Å². The van der Waals surface area contributed by atoms with Crippen LogP contribution in [0.5, 0.6) is 0 Å². The Balaban J connectivity index is 1.09. The second-order valence-electron chi connectivity index (χ2n) is 10.8. The molecule has 0 bridgehead atoms. The van der Waals surface area contributed by atoms with Crippen LogP contribution in [0.3, 0.4) is 0 Å². The molecule has 9 nitrogen and oxygen atoms in total. The summed E-state index contributed by atoms with van der Waals surface area (Å²) in [4.78, 5) is 36.7. The SMILES string of the molecule is O=C(C1CCCCC12N=CCc1ccccc12)N1CCN(c2ncnc3c2cnn3Cc2ccncc2)CC1. The highest BCUT2D eigenvalue weighted by molar-refractivity contribution is 5.87. The van der Waals surface area contributed by atoms with Gasteiger partial charge < -0.3 is 9.80 Å². The van der Waals surface area contributed by atoms with Gasteiger partial charge in [-0.2, -0.15) is 5.10 Å². The third-order valence-electron chi connectivity index (χ3n) is 8.68. The number of carbonyl (C=O) groups is 1. The Morgan fingerprint density at radius 1 is 1.00 bits per heavy atom. The average Bonchev–Trinajstić information content (AvgIpc) is 3.41. The number of hydrogen-bond donors (Lipinski definition) is 0. The Hall–Kier alpha value is -4.14. The molecule has 0 N–H and O–H groups in total. The van der Waals surface area contributed by atoms with E-state index < -0.39 is 5.54 Å². The zero-order valence-electron chi connectivity index (χ0n) is 22.0. The molecule has 7 rings (SSSR count). The van der Waals surface area contributed by atoms with Crippen molar-refractivity contribution in [3.63, 3.8) is 0 Å². The lowest BCUT2D eigenvalue weighted by atomic mass is 9.66. The highest BCUT2D eigenvalue weighted by Gasteiger charge is 2.49. The zero-order chi connectivity index (χ0) is 26.2. The van der Waals surface area contributed by atoms with Crippen LogP contribution < -0.4 is 4.90 Å². The summed E-state index contributed by atoms with van der Waals surface area (Å²) in [5.41, 5.74) is 4.09. The van der Waals surface area contributed by atoms with Gasteiger partial charge in [-0.1, -0.05) is 37.1 Å². The van der Waals surface area contributed by atoms with E-state index in [4.69, 9.17) is 4.99 Å². The van der Waals surface area contributed by atoms with Gasteiger partial charge in [-0.15, -0.1) is 0 Å². The minimum Gasteiger partial charge on any atom is -0.352 e. The lowest BCUT2D eigenvalue weighted by molar-refractivity contribution is -0.139. The number of piperazine rings is 1. The van der Waals surface area contributed by atoms with Crippen LogP contribution in [-0.4, -0.2) is 67.9 Å². The van der Waals surface area contributed by atoms with Crippen molar-refractivity contribution in [3.05, 3.63) is 78.0 Å². The molecule has 3 aliphatic rings. The molecule has 9 heteroatoms. The summed E-state index contributed by atoms with van der Waals surface area (Å²) in [6.07, 6.45) is 14.0. The summed E-state index contributed by atoms with van der Waals surface area (Å²) < 4.78 is 1.90. The summed E-state index contributed by atoms with van der Waals surface area (Å²) >= 11 is 0. The monoisotopic (exact) mass is 520 g/mol. The lowest BCUT2D eigenvalue weighted by Crippen LogP contribution is -2.54. The zero-order valence-corrected chi connectivity index (χ0v) is 22.0. The maximum atomic E-state index is 14.1. The Labute approximate surface area is 227 Å². The fourth-order valence-electron chi connectivity index (χ4n) is 6.73. The number of pyridine rings is 1. The molecule has 1 aliphatic carbocycles. The topological polar surface area (TPSA) is 92.4 Å². The van der Waals surface area contributed by atoms with Gasteiger partial charge in [0.2, 0.25) is 5.91 Å². The first-order valence-corrected chi connectivity index (χ1v) is 13.9. The molecule has 39 heavy (non-hydrogen) atoms. The molecule has 2 unspecified atom stereocenters. The van der Waals surface area contributed by atoms with Crippen molar-refractivity contribution in [1.82, 2.24) is 29.6 Å². The number of nitrogens with zero attached hydrogens (tertiary/aromatic N) is 8. The van der Waals surface area contributed by atoms with E-state index >= 15 is 0 Å². The molecule has 2 aliphatic heterocycles. The Morgan fingerprint density at radius 3 is 2.72 bits per heavy atom.